The quantitative estimate of drug-likeness (QED) is 0.881. The molecule has 0 radical (unpaired) electrons. The first kappa shape index (κ1) is 12.1. The predicted molar refractivity (Wildman–Crippen MR) is 71.5 cm³/mol. The second kappa shape index (κ2) is 5.80. The Labute approximate surface area is 106 Å². The molecule has 0 atom stereocenters. The Morgan fingerprint density at radius 2 is 2.19 bits per heavy atom. The third kappa shape index (κ3) is 2.84. The highest BCUT2D eigenvalue weighted by Crippen LogP contribution is 2.25. The highest BCUT2D eigenvalue weighted by Gasteiger charge is 2.11. The van der Waals surface area contributed by atoms with E-state index in [0.29, 0.717) is 5.02 Å². The molecule has 16 heavy (non-hydrogen) atoms. The first-order valence-electron chi connectivity index (χ1n) is 5.53. The summed E-state index contributed by atoms with van der Waals surface area (Å²) in [5, 5.41) is 9.73. The number of aliphatic hydroxyl groups excluding tert-OH is 1. The van der Waals surface area contributed by atoms with E-state index in [1.807, 2.05) is 30.0 Å². The van der Waals surface area contributed by atoms with E-state index >= 15 is 0 Å². The molecule has 1 aromatic rings. The fourth-order valence-electron chi connectivity index (χ4n) is 1.87. The monoisotopic (exact) mass is 257 g/mol. The molecule has 1 aliphatic heterocycles. The Bertz CT molecular complexity index is 351. The van der Waals surface area contributed by atoms with Crippen LogP contribution in [0.25, 0.3) is 0 Å². The van der Waals surface area contributed by atoms with Gasteiger partial charge in [0.25, 0.3) is 0 Å². The van der Waals surface area contributed by atoms with E-state index in [4.69, 9.17) is 16.7 Å². The number of rotatable bonds is 2. The van der Waals surface area contributed by atoms with Gasteiger partial charge in [0.2, 0.25) is 0 Å². The van der Waals surface area contributed by atoms with Gasteiger partial charge in [-0.2, -0.15) is 11.8 Å². The van der Waals surface area contributed by atoms with Gasteiger partial charge in [0.15, 0.2) is 0 Å². The standard InChI is InChI=1S/C12H16ClNOS/c13-12-8-11(3-2-10(12)9-15)14-4-1-6-16-7-5-14/h2-3,8,15H,1,4-7,9H2. The summed E-state index contributed by atoms with van der Waals surface area (Å²) in [6.45, 7) is 2.19. The van der Waals surface area contributed by atoms with Crippen LogP contribution in [0, 0.1) is 0 Å². The Morgan fingerprint density at radius 3 is 2.94 bits per heavy atom. The molecule has 88 valence electrons. The molecule has 0 unspecified atom stereocenters. The van der Waals surface area contributed by atoms with Crippen molar-refractivity contribution in [2.75, 3.05) is 29.5 Å². The zero-order valence-electron chi connectivity index (χ0n) is 9.16. The molecule has 1 heterocycles. The average Bonchev–Trinajstić information content (AvgIpc) is 2.57. The summed E-state index contributed by atoms with van der Waals surface area (Å²) in [5.74, 6) is 2.43. The molecule has 0 bridgehead atoms. The van der Waals surface area contributed by atoms with Crippen LogP contribution in [-0.4, -0.2) is 29.7 Å². The summed E-state index contributed by atoms with van der Waals surface area (Å²) >= 11 is 8.11. The molecular formula is C12H16ClNOS. The van der Waals surface area contributed by atoms with Crippen LogP contribution in [0.1, 0.15) is 12.0 Å². The number of aliphatic hydroxyl groups is 1. The van der Waals surface area contributed by atoms with Crippen molar-refractivity contribution in [3.63, 3.8) is 0 Å². The van der Waals surface area contributed by atoms with Crippen LogP contribution >= 0.6 is 23.4 Å². The first-order chi connectivity index (χ1) is 7.81. The van der Waals surface area contributed by atoms with Crippen molar-refractivity contribution in [2.45, 2.75) is 13.0 Å². The normalized spacial score (nSPS) is 17.2. The van der Waals surface area contributed by atoms with Crippen molar-refractivity contribution in [2.24, 2.45) is 0 Å². The Morgan fingerprint density at radius 1 is 1.31 bits per heavy atom. The van der Waals surface area contributed by atoms with Crippen molar-refractivity contribution in [3.05, 3.63) is 28.8 Å². The number of hydrogen-bond donors (Lipinski definition) is 1. The van der Waals surface area contributed by atoms with Gasteiger partial charge in [-0.1, -0.05) is 17.7 Å². The van der Waals surface area contributed by atoms with E-state index in [2.05, 4.69) is 4.90 Å². The van der Waals surface area contributed by atoms with E-state index in [0.717, 1.165) is 18.7 Å². The third-order valence-corrected chi connectivity index (χ3v) is 4.19. The summed E-state index contributed by atoms with van der Waals surface area (Å²) in [4.78, 5) is 2.37. The van der Waals surface area contributed by atoms with Gasteiger partial charge in [-0.15, -0.1) is 0 Å². The maximum atomic E-state index is 9.06. The lowest BCUT2D eigenvalue weighted by atomic mass is 10.2. The van der Waals surface area contributed by atoms with Crippen molar-refractivity contribution in [1.29, 1.82) is 0 Å². The maximum absolute atomic E-state index is 9.06. The highest BCUT2D eigenvalue weighted by atomic mass is 35.5. The first-order valence-corrected chi connectivity index (χ1v) is 7.06. The largest absolute Gasteiger partial charge is 0.392 e. The number of hydrogen-bond acceptors (Lipinski definition) is 3. The number of halogens is 1. The van der Waals surface area contributed by atoms with E-state index < -0.39 is 0 Å². The number of anilines is 1. The van der Waals surface area contributed by atoms with Crippen molar-refractivity contribution < 1.29 is 5.11 Å². The number of benzene rings is 1. The fraction of sp³-hybridized carbons (Fsp3) is 0.500. The van der Waals surface area contributed by atoms with Crippen molar-refractivity contribution in [1.82, 2.24) is 0 Å². The van der Waals surface area contributed by atoms with Gasteiger partial charge < -0.3 is 10.0 Å². The minimum Gasteiger partial charge on any atom is -0.392 e. The molecule has 1 aromatic carbocycles. The van der Waals surface area contributed by atoms with Gasteiger partial charge >= 0.3 is 0 Å². The van der Waals surface area contributed by atoms with Gasteiger partial charge in [0.05, 0.1) is 6.61 Å². The summed E-state index contributed by atoms with van der Waals surface area (Å²) < 4.78 is 0. The van der Waals surface area contributed by atoms with Gasteiger partial charge in [-0.25, -0.2) is 0 Å². The molecule has 2 nitrogen and oxygen atoms in total. The molecule has 0 aromatic heterocycles. The van der Waals surface area contributed by atoms with Crippen LogP contribution in [0.2, 0.25) is 5.02 Å². The Hall–Kier alpha value is -0.380. The maximum Gasteiger partial charge on any atom is 0.0696 e. The molecule has 1 fully saturated rings. The summed E-state index contributed by atoms with van der Waals surface area (Å²) in [5.41, 5.74) is 1.97. The predicted octanol–water partition coefficient (Wildman–Crippen LogP) is 2.78. The molecule has 1 saturated heterocycles. The lowest BCUT2D eigenvalue weighted by molar-refractivity contribution is 0.282. The minimum absolute atomic E-state index is 0.00889. The van der Waals surface area contributed by atoms with E-state index in [9.17, 15) is 0 Å². The van der Waals surface area contributed by atoms with Gasteiger partial charge in [0.1, 0.15) is 0 Å². The molecule has 0 saturated carbocycles. The smallest absolute Gasteiger partial charge is 0.0696 e. The summed E-state index contributed by atoms with van der Waals surface area (Å²) in [6.07, 6.45) is 1.23. The van der Waals surface area contributed by atoms with E-state index in [1.54, 1.807) is 0 Å². The highest BCUT2D eigenvalue weighted by molar-refractivity contribution is 7.99. The Balaban J connectivity index is 2.16. The van der Waals surface area contributed by atoms with Crippen LogP contribution in [0.5, 0.6) is 0 Å². The van der Waals surface area contributed by atoms with E-state index in [1.165, 1.54) is 23.6 Å². The molecule has 4 heteroatoms. The second-order valence-corrected chi connectivity index (χ2v) is 5.52. The molecule has 0 spiro atoms. The van der Waals surface area contributed by atoms with Crippen LogP contribution in [0.3, 0.4) is 0 Å². The zero-order chi connectivity index (χ0) is 11.4. The molecular weight excluding hydrogens is 242 g/mol. The van der Waals surface area contributed by atoms with Crippen LogP contribution < -0.4 is 4.90 Å². The molecule has 0 amide bonds. The lowest BCUT2D eigenvalue weighted by Gasteiger charge is -2.22. The van der Waals surface area contributed by atoms with Crippen LogP contribution in [0.4, 0.5) is 5.69 Å². The van der Waals surface area contributed by atoms with Gasteiger partial charge in [-0.05, 0) is 29.9 Å². The van der Waals surface area contributed by atoms with Crippen molar-refractivity contribution >= 4 is 29.1 Å². The van der Waals surface area contributed by atoms with Gasteiger partial charge in [-0.3, -0.25) is 0 Å². The fourth-order valence-corrected chi connectivity index (χ4v) is 2.99. The number of nitrogens with zero attached hydrogens (tertiary/aromatic N) is 1. The summed E-state index contributed by atoms with van der Waals surface area (Å²) in [7, 11) is 0. The molecule has 1 N–H and O–H groups in total. The SMILES string of the molecule is OCc1ccc(N2CCCSCC2)cc1Cl. The molecule has 2 rings (SSSR count). The average molecular weight is 258 g/mol. The lowest BCUT2D eigenvalue weighted by Crippen LogP contribution is -2.25. The third-order valence-electron chi connectivity index (χ3n) is 2.79. The van der Waals surface area contributed by atoms with E-state index in [-0.39, 0.29) is 6.61 Å². The summed E-state index contributed by atoms with van der Waals surface area (Å²) in [6, 6.07) is 5.92. The minimum atomic E-state index is 0.00889. The van der Waals surface area contributed by atoms with Crippen LogP contribution in [0.15, 0.2) is 18.2 Å². The second-order valence-electron chi connectivity index (χ2n) is 3.89. The topological polar surface area (TPSA) is 23.5 Å². The molecule has 1 aliphatic rings. The van der Waals surface area contributed by atoms with Gasteiger partial charge in [0, 0.05) is 29.6 Å². The Kier molecular flexibility index (Phi) is 4.38. The van der Waals surface area contributed by atoms with Crippen molar-refractivity contribution in [3.8, 4) is 0 Å². The zero-order valence-corrected chi connectivity index (χ0v) is 10.7. The number of thioether (sulfide) groups is 1. The van der Waals surface area contributed by atoms with Crippen LogP contribution in [-0.2, 0) is 6.61 Å². The molecule has 0 aliphatic carbocycles.